The maximum absolute atomic E-state index is 13.4. The van der Waals surface area contributed by atoms with E-state index in [0.717, 1.165) is 50.6 Å². The van der Waals surface area contributed by atoms with Crippen molar-refractivity contribution in [1.29, 1.82) is 0 Å². The lowest BCUT2D eigenvalue weighted by atomic mass is 9.58. The topological polar surface area (TPSA) is 54.5 Å². The van der Waals surface area contributed by atoms with Crippen LogP contribution in [-0.4, -0.2) is 47.1 Å². The van der Waals surface area contributed by atoms with Gasteiger partial charge in [0.05, 0.1) is 23.1 Å². The normalized spacial score (nSPS) is 41.9. The molecule has 1 saturated heterocycles. The van der Waals surface area contributed by atoms with E-state index in [1.807, 2.05) is 12.1 Å². The van der Waals surface area contributed by atoms with Gasteiger partial charge in [0.15, 0.2) is 0 Å². The minimum atomic E-state index is -0.200. The van der Waals surface area contributed by atoms with Gasteiger partial charge in [0.2, 0.25) is 5.91 Å². The summed E-state index contributed by atoms with van der Waals surface area (Å²) >= 11 is 0. The second kappa shape index (κ2) is 7.01. The first-order valence-corrected chi connectivity index (χ1v) is 12.4. The van der Waals surface area contributed by atoms with E-state index in [2.05, 4.69) is 48.4 Å². The molecule has 6 atom stereocenters. The van der Waals surface area contributed by atoms with Gasteiger partial charge < -0.3 is 15.0 Å². The molecule has 5 aliphatic rings. The number of hydrogen-bond donors (Lipinski definition) is 1. The fraction of sp³-hybridized carbons (Fsp3) is 0.630. The summed E-state index contributed by atoms with van der Waals surface area (Å²) in [5.74, 6) is 0.546. The van der Waals surface area contributed by atoms with Crippen LogP contribution in [0.1, 0.15) is 58.3 Å². The molecule has 1 amide bonds. The van der Waals surface area contributed by atoms with Crippen LogP contribution in [0.4, 0.5) is 5.69 Å². The summed E-state index contributed by atoms with van der Waals surface area (Å²) < 4.78 is 7.28. The van der Waals surface area contributed by atoms with Crippen LogP contribution in [0, 0.1) is 17.3 Å². The molecule has 5 heteroatoms. The quantitative estimate of drug-likeness (QED) is 0.749. The third-order valence-electron chi connectivity index (χ3n) is 9.63. The average Bonchev–Trinajstić information content (AvgIpc) is 3.29. The van der Waals surface area contributed by atoms with Crippen molar-refractivity contribution in [3.8, 4) is 0 Å². The number of hydrogen-bond acceptors (Lipinski definition) is 4. The number of carbonyl (C=O) groups excluding carboxylic acids is 1. The van der Waals surface area contributed by atoms with Crippen molar-refractivity contribution in [3.63, 3.8) is 0 Å². The highest BCUT2D eigenvalue weighted by molar-refractivity contribution is 5.93. The van der Waals surface area contributed by atoms with Gasteiger partial charge in [0.1, 0.15) is 0 Å². The van der Waals surface area contributed by atoms with Crippen molar-refractivity contribution in [3.05, 3.63) is 47.8 Å². The highest BCUT2D eigenvalue weighted by atomic mass is 16.5. The molecule has 0 aromatic carbocycles. The van der Waals surface area contributed by atoms with Gasteiger partial charge in [-0.1, -0.05) is 19.1 Å². The maximum atomic E-state index is 13.4. The molecule has 170 valence electrons. The number of allylic oxidation sites excluding steroid dienone is 1. The van der Waals surface area contributed by atoms with Crippen LogP contribution in [0.2, 0.25) is 0 Å². The van der Waals surface area contributed by atoms with Crippen molar-refractivity contribution < 1.29 is 9.53 Å². The lowest BCUT2D eigenvalue weighted by Crippen LogP contribution is -2.55. The molecule has 3 heterocycles. The van der Waals surface area contributed by atoms with E-state index >= 15 is 0 Å². The molecule has 1 aromatic rings. The Morgan fingerprint density at radius 3 is 2.91 bits per heavy atom. The standard InChI is InChI=1S/C27H35N3O2/c1-25-11-10-19-15-18-6-7-21(30(2)3)16-26(18)12-13-27(19,32-26)23(25)9-8-22(25)24(31)29-20-5-4-14-28-17-20/h4-5,10,14-15,17,21-23H,6-9,11-13,16H2,1-3H3,(H,29,31)/t21-,22+,23+,25+,26?,27+/m0/s1. The van der Waals surface area contributed by atoms with Crippen molar-refractivity contribution in [2.75, 3.05) is 19.4 Å². The number of nitrogens with one attached hydrogen (secondary N) is 1. The van der Waals surface area contributed by atoms with Gasteiger partial charge >= 0.3 is 0 Å². The molecule has 32 heavy (non-hydrogen) atoms. The molecule has 5 nitrogen and oxygen atoms in total. The summed E-state index contributed by atoms with van der Waals surface area (Å²) in [5.41, 5.74) is 3.38. The largest absolute Gasteiger partial charge is 0.359 e. The van der Waals surface area contributed by atoms with Crippen molar-refractivity contribution in [2.45, 2.75) is 75.5 Å². The van der Waals surface area contributed by atoms with Gasteiger partial charge in [0, 0.05) is 18.2 Å². The van der Waals surface area contributed by atoms with Crippen molar-refractivity contribution in [1.82, 2.24) is 9.88 Å². The zero-order valence-electron chi connectivity index (χ0n) is 19.6. The highest BCUT2D eigenvalue weighted by Gasteiger charge is 2.67. The molecule has 1 N–H and O–H groups in total. The SMILES string of the molecule is CN(C)[C@H]1CCC2=CC3=CC[C@]4(C)[C@@H](C(=O)Nc5cccnc5)CC[C@H]4[C@@]34CCC2(C1)O4. The molecule has 1 aromatic heterocycles. The van der Waals surface area contributed by atoms with Crippen molar-refractivity contribution in [2.24, 2.45) is 17.3 Å². The molecule has 2 spiro atoms. The first kappa shape index (κ1) is 20.6. The minimum absolute atomic E-state index is 0.00582. The summed E-state index contributed by atoms with van der Waals surface area (Å²) in [5, 5.41) is 3.14. The fourth-order valence-corrected chi connectivity index (χ4v) is 7.92. The molecule has 3 aliphatic carbocycles. The van der Waals surface area contributed by atoms with E-state index in [1.54, 1.807) is 12.4 Å². The zero-order valence-corrected chi connectivity index (χ0v) is 19.6. The number of fused-ring (bicyclic) bond motifs is 1. The average molecular weight is 434 g/mol. The van der Waals surface area contributed by atoms with Gasteiger partial charge in [-0.25, -0.2) is 0 Å². The monoisotopic (exact) mass is 433 g/mol. The first-order chi connectivity index (χ1) is 15.4. The lowest BCUT2D eigenvalue weighted by molar-refractivity contribution is -0.146. The van der Waals surface area contributed by atoms with Crippen LogP contribution < -0.4 is 5.32 Å². The number of pyridine rings is 1. The smallest absolute Gasteiger partial charge is 0.228 e. The van der Waals surface area contributed by atoms with E-state index in [1.165, 1.54) is 17.6 Å². The Balaban J connectivity index is 1.31. The van der Waals surface area contributed by atoms with Crippen LogP contribution in [0.5, 0.6) is 0 Å². The summed E-state index contributed by atoms with van der Waals surface area (Å²) in [4.78, 5) is 19.9. The number of nitrogens with zero attached hydrogens (tertiary/aromatic N) is 2. The Bertz CT molecular complexity index is 1000. The van der Waals surface area contributed by atoms with Crippen LogP contribution in [0.25, 0.3) is 0 Å². The number of carbonyl (C=O) groups is 1. The summed E-state index contributed by atoms with van der Waals surface area (Å²) in [6, 6.07) is 4.37. The molecule has 2 bridgehead atoms. The number of aromatic nitrogens is 1. The number of rotatable bonds is 3. The van der Waals surface area contributed by atoms with Crippen LogP contribution in [0.3, 0.4) is 0 Å². The lowest BCUT2D eigenvalue weighted by Gasteiger charge is -2.54. The highest BCUT2D eigenvalue weighted by Crippen LogP contribution is 2.67. The molecule has 0 radical (unpaired) electrons. The predicted octanol–water partition coefficient (Wildman–Crippen LogP) is 4.72. The Labute approximate surface area is 191 Å². The first-order valence-electron chi connectivity index (χ1n) is 12.4. The second-order valence-electron chi connectivity index (χ2n) is 11.3. The third kappa shape index (κ3) is 2.76. The van der Waals surface area contributed by atoms with E-state index < -0.39 is 0 Å². The Morgan fingerprint density at radius 2 is 2.12 bits per heavy atom. The van der Waals surface area contributed by atoms with E-state index in [9.17, 15) is 4.79 Å². The summed E-state index contributed by atoms with van der Waals surface area (Å²) in [7, 11) is 4.41. The Hall–Kier alpha value is -1.98. The number of amides is 1. The molecule has 6 rings (SSSR count). The van der Waals surface area contributed by atoms with E-state index in [0.29, 0.717) is 12.0 Å². The van der Waals surface area contributed by atoms with Gasteiger partial charge in [-0.15, -0.1) is 0 Å². The van der Waals surface area contributed by atoms with Gasteiger partial charge in [-0.05, 0) is 100 Å². The Morgan fingerprint density at radius 1 is 1.25 bits per heavy atom. The summed E-state index contributed by atoms with van der Waals surface area (Å²) in [6.07, 6.45) is 17.1. The third-order valence-corrected chi connectivity index (χ3v) is 9.63. The molecular weight excluding hydrogens is 398 g/mol. The fourth-order valence-electron chi connectivity index (χ4n) is 7.92. The van der Waals surface area contributed by atoms with Crippen LogP contribution in [-0.2, 0) is 9.53 Å². The van der Waals surface area contributed by atoms with Gasteiger partial charge in [-0.2, -0.15) is 0 Å². The number of ether oxygens (including phenoxy) is 1. The zero-order chi connectivity index (χ0) is 22.1. The van der Waals surface area contributed by atoms with Crippen LogP contribution in [0.15, 0.2) is 47.8 Å². The van der Waals surface area contributed by atoms with E-state index in [4.69, 9.17) is 4.74 Å². The van der Waals surface area contributed by atoms with Gasteiger partial charge in [0.25, 0.3) is 0 Å². The Kier molecular flexibility index (Phi) is 4.51. The van der Waals surface area contributed by atoms with E-state index in [-0.39, 0.29) is 28.4 Å². The number of anilines is 1. The second-order valence-corrected chi connectivity index (χ2v) is 11.3. The molecule has 3 fully saturated rings. The minimum Gasteiger partial charge on any atom is -0.359 e. The maximum Gasteiger partial charge on any atom is 0.228 e. The summed E-state index contributed by atoms with van der Waals surface area (Å²) in [6.45, 7) is 2.34. The molecule has 1 unspecified atom stereocenters. The van der Waals surface area contributed by atoms with Crippen molar-refractivity contribution >= 4 is 11.6 Å². The molecule has 2 aliphatic heterocycles. The molecule has 2 saturated carbocycles. The predicted molar refractivity (Wildman–Crippen MR) is 125 cm³/mol. The van der Waals surface area contributed by atoms with Gasteiger partial charge in [-0.3, -0.25) is 9.78 Å². The van der Waals surface area contributed by atoms with Crippen LogP contribution >= 0.6 is 0 Å². The molecular formula is C27H35N3O2.